The monoisotopic (exact) mass is 424 g/mol. The number of aliphatic carboxylic acids is 1. The van der Waals surface area contributed by atoms with Crippen molar-refractivity contribution in [3.05, 3.63) is 64.7 Å². The number of hydrogen-bond donors (Lipinski definition) is 2. The van der Waals surface area contributed by atoms with Crippen molar-refractivity contribution in [2.24, 2.45) is 0 Å². The molecule has 1 atom stereocenters. The van der Waals surface area contributed by atoms with Crippen molar-refractivity contribution < 1.29 is 24.2 Å². The van der Waals surface area contributed by atoms with Crippen LogP contribution < -0.4 is 15.0 Å². The number of nitrogens with zero attached hydrogens (tertiary/aromatic N) is 1. The van der Waals surface area contributed by atoms with Crippen molar-refractivity contribution in [2.45, 2.75) is 26.9 Å². The van der Waals surface area contributed by atoms with E-state index in [2.05, 4.69) is 5.32 Å². The zero-order valence-corrected chi connectivity index (χ0v) is 17.4. The number of amides is 2. The predicted molar refractivity (Wildman–Crippen MR) is 116 cm³/mol. The molecule has 0 aromatic heterocycles. The van der Waals surface area contributed by atoms with Gasteiger partial charge in [0.25, 0.3) is 11.8 Å². The fraction of sp³-hybridized carbons (Fsp3) is 0.182. The van der Waals surface area contributed by atoms with Crippen LogP contribution in [0.1, 0.15) is 23.6 Å². The number of ether oxygens (including phenoxy) is 1. The van der Waals surface area contributed by atoms with Crippen molar-refractivity contribution in [1.82, 2.24) is 5.32 Å². The van der Waals surface area contributed by atoms with Gasteiger partial charge < -0.3 is 9.84 Å². The maximum Gasteiger partial charge on any atom is 0.344 e. The van der Waals surface area contributed by atoms with E-state index in [9.17, 15) is 14.4 Å². The Kier molecular flexibility index (Phi) is 5.98. The summed E-state index contributed by atoms with van der Waals surface area (Å²) < 4.78 is 5.46. The SMILES string of the molecule is Cc1ccc(N2C(=O)/C(=C/c3ccccc3O[C@@H](C)C(=O)O)C(=O)NC2=S)c(C)c1. The normalized spacial score (nSPS) is 16.4. The highest BCUT2D eigenvalue weighted by Crippen LogP contribution is 2.28. The lowest BCUT2D eigenvalue weighted by molar-refractivity contribution is -0.144. The van der Waals surface area contributed by atoms with E-state index in [1.165, 1.54) is 17.9 Å². The molecule has 1 fully saturated rings. The topological polar surface area (TPSA) is 95.9 Å². The molecule has 0 saturated carbocycles. The van der Waals surface area contributed by atoms with Gasteiger partial charge in [0.15, 0.2) is 11.2 Å². The summed E-state index contributed by atoms with van der Waals surface area (Å²) in [5.74, 6) is -2.09. The Labute approximate surface area is 179 Å². The van der Waals surface area contributed by atoms with Crippen LogP contribution in [-0.4, -0.2) is 34.1 Å². The van der Waals surface area contributed by atoms with Crippen LogP contribution in [-0.2, 0) is 14.4 Å². The van der Waals surface area contributed by atoms with Gasteiger partial charge in [-0.3, -0.25) is 19.8 Å². The number of carboxylic acid groups (broad SMARTS) is 1. The molecule has 0 bridgehead atoms. The van der Waals surface area contributed by atoms with Crippen LogP contribution in [0.5, 0.6) is 5.75 Å². The Morgan fingerprint density at radius 3 is 2.57 bits per heavy atom. The number of hydrogen-bond acceptors (Lipinski definition) is 5. The smallest absolute Gasteiger partial charge is 0.344 e. The van der Waals surface area contributed by atoms with E-state index >= 15 is 0 Å². The van der Waals surface area contributed by atoms with E-state index in [1.807, 2.05) is 26.0 Å². The van der Waals surface area contributed by atoms with Crippen molar-refractivity contribution >= 4 is 46.9 Å². The third-order valence-electron chi connectivity index (χ3n) is 4.57. The Morgan fingerprint density at radius 1 is 1.20 bits per heavy atom. The van der Waals surface area contributed by atoms with Crippen molar-refractivity contribution in [1.29, 1.82) is 0 Å². The second-order valence-corrected chi connectivity index (χ2v) is 7.27. The largest absolute Gasteiger partial charge is 0.479 e. The van der Waals surface area contributed by atoms with Gasteiger partial charge in [-0.1, -0.05) is 35.9 Å². The van der Waals surface area contributed by atoms with Crippen LogP contribution in [0.25, 0.3) is 6.08 Å². The standard InChI is InChI=1S/C22H20N2O5S/c1-12-8-9-17(13(2)10-12)24-20(26)16(19(25)23-22(24)30)11-15-6-4-5-7-18(15)29-14(3)21(27)28/h4-11,14H,1-3H3,(H,27,28)(H,23,25,30)/b16-11+/t14-/m0/s1. The number of carbonyl (C=O) groups excluding carboxylic acids is 2. The maximum absolute atomic E-state index is 13.2. The zero-order chi connectivity index (χ0) is 22.0. The molecule has 0 aliphatic carbocycles. The fourth-order valence-electron chi connectivity index (χ4n) is 3.04. The Bertz CT molecular complexity index is 1090. The first-order valence-electron chi connectivity index (χ1n) is 9.16. The van der Waals surface area contributed by atoms with E-state index in [-0.39, 0.29) is 16.4 Å². The molecule has 1 saturated heterocycles. The van der Waals surface area contributed by atoms with Crippen molar-refractivity contribution in [3.8, 4) is 5.75 Å². The number of para-hydroxylation sites is 1. The first kappa shape index (κ1) is 21.2. The number of benzene rings is 2. The summed E-state index contributed by atoms with van der Waals surface area (Å²) in [4.78, 5) is 38.1. The average Bonchev–Trinajstić information content (AvgIpc) is 2.67. The number of anilines is 1. The molecule has 2 aromatic carbocycles. The van der Waals surface area contributed by atoms with Crippen LogP contribution in [0.15, 0.2) is 48.0 Å². The van der Waals surface area contributed by atoms with Gasteiger partial charge in [-0.2, -0.15) is 0 Å². The highest BCUT2D eigenvalue weighted by atomic mass is 32.1. The molecular weight excluding hydrogens is 404 g/mol. The first-order valence-corrected chi connectivity index (χ1v) is 9.57. The van der Waals surface area contributed by atoms with E-state index < -0.39 is 23.9 Å². The molecule has 154 valence electrons. The first-order chi connectivity index (χ1) is 14.2. The molecule has 7 nitrogen and oxygen atoms in total. The van der Waals surface area contributed by atoms with Gasteiger partial charge in [0.2, 0.25) is 0 Å². The second kappa shape index (κ2) is 8.46. The lowest BCUT2D eigenvalue weighted by Gasteiger charge is -2.30. The molecular formula is C22H20N2O5S. The molecule has 3 rings (SSSR count). The number of aryl methyl sites for hydroxylation is 2. The van der Waals surface area contributed by atoms with Gasteiger partial charge in [-0.15, -0.1) is 0 Å². The molecule has 0 spiro atoms. The van der Waals surface area contributed by atoms with Crippen LogP contribution in [0.2, 0.25) is 0 Å². The summed E-state index contributed by atoms with van der Waals surface area (Å²) in [5, 5.41) is 11.6. The lowest BCUT2D eigenvalue weighted by atomic mass is 10.0. The van der Waals surface area contributed by atoms with Crippen molar-refractivity contribution in [3.63, 3.8) is 0 Å². The molecule has 1 heterocycles. The number of thiocarbonyl (C=S) groups is 1. The molecule has 30 heavy (non-hydrogen) atoms. The number of carbonyl (C=O) groups is 3. The minimum atomic E-state index is -1.13. The molecule has 0 unspecified atom stereocenters. The summed E-state index contributed by atoms with van der Waals surface area (Å²) >= 11 is 5.24. The van der Waals surface area contributed by atoms with Gasteiger partial charge >= 0.3 is 5.97 Å². The van der Waals surface area contributed by atoms with Crippen LogP contribution in [0.3, 0.4) is 0 Å². The number of rotatable bonds is 5. The van der Waals surface area contributed by atoms with E-state index in [0.29, 0.717) is 11.3 Å². The summed E-state index contributed by atoms with van der Waals surface area (Å²) in [5.41, 5.74) is 2.70. The molecule has 0 radical (unpaired) electrons. The highest BCUT2D eigenvalue weighted by molar-refractivity contribution is 7.80. The van der Waals surface area contributed by atoms with Crippen LogP contribution in [0.4, 0.5) is 5.69 Å². The summed E-state index contributed by atoms with van der Waals surface area (Å²) in [6.45, 7) is 5.19. The average molecular weight is 424 g/mol. The van der Waals surface area contributed by atoms with Gasteiger partial charge in [0, 0.05) is 5.56 Å². The molecule has 1 aliphatic heterocycles. The van der Waals surface area contributed by atoms with Gasteiger partial charge in [0.1, 0.15) is 11.3 Å². The molecule has 8 heteroatoms. The zero-order valence-electron chi connectivity index (χ0n) is 16.6. The van der Waals surface area contributed by atoms with Gasteiger partial charge in [-0.25, -0.2) is 4.79 Å². The third-order valence-corrected chi connectivity index (χ3v) is 4.85. The predicted octanol–water partition coefficient (Wildman–Crippen LogP) is 2.99. The summed E-state index contributed by atoms with van der Waals surface area (Å²) in [6.07, 6.45) is 0.277. The van der Waals surface area contributed by atoms with E-state index in [0.717, 1.165) is 11.1 Å². The number of carboxylic acids is 1. The molecule has 2 aromatic rings. The van der Waals surface area contributed by atoms with Crippen LogP contribution in [0, 0.1) is 13.8 Å². The number of nitrogens with one attached hydrogen (secondary N) is 1. The van der Waals surface area contributed by atoms with E-state index in [1.54, 1.807) is 30.3 Å². The summed E-state index contributed by atoms with van der Waals surface area (Å²) in [6, 6.07) is 12.1. The van der Waals surface area contributed by atoms with Crippen LogP contribution >= 0.6 is 12.2 Å². The quantitative estimate of drug-likeness (QED) is 0.435. The fourth-order valence-corrected chi connectivity index (χ4v) is 3.31. The highest BCUT2D eigenvalue weighted by Gasteiger charge is 2.35. The minimum Gasteiger partial charge on any atom is -0.479 e. The Hall–Kier alpha value is -3.52. The molecule has 2 amide bonds. The summed E-state index contributed by atoms with van der Waals surface area (Å²) in [7, 11) is 0. The Morgan fingerprint density at radius 2 is 1.90 bits per heavy atom. The third kappa shape index (κ3) is 4.23. The van der Waals surface area contributed by atoms with Gasteiger partial charge in [0.05, 0.1) is 5.69 Å². The molecule has 1 aliphatic rings. The lowest BCUT2D eigenvalue weighted by Crippen LogP contribution is -2.54. The Balaban J connectivity index is 2.03. The second-order valence-electron chi connectivity index (χ2n) is 6.88. The molecule has 2 N–H and O–H groups in total. The minimum absolute atomic E-state index is 0.00172. The maximum atomic E-state index is 13.2. The van der Waals surface area contributed by atoms with E-state index in [4.69, 9.17) is 22.1 Å². The van der Waals surface area contributed by atoms with Crippen molar-refractivity contribution in [2.75, 3.05) is 4.90 Å². The van der Waals surface area contributed by atoms with Gasteiger partial charge in [-0.05, 0) is 56.8 Å².